The van der Waals surface area contributed by atoms with E-state index in [9.17, 15) is 9.90 Å². The van der Waals surface area contributed by atoms with Gasteiger partial charge in [-0.2, -0.15) is 0 Å². The maximum atomic E-state index is 12.2. The van der Waals surface area contributed by atoms with Gasteiger partial charge in [0.1, 0.15) is 17.5 Å². The number of carbonyl (C=O) groups excluding carboxylic acids is 1. The smallest absolute Gasteiger partial charge is 0.328 e. The summed E-state index contributed by atoms with van der Waals surface area (Å²) in [6.07, 6.45) is 0.377. The first-order valence-corrected chi connectivity index (χ1v) is 7.61. The number of rotatable bonds is 4. The summed E-state index contributed by atoms with van der Waals surface area (Å²) < 4.78 is 5.40. The molecule has 2 aromatic rings. The Morgan fingerprint density at radius 2 is 1.57 bits per heavy atom. The lowest BCUT2D eigenvalue weighted by molar-refractivity contribution is -0.135. The number of carbonyl (C=O) groups is 1. The van der Waals surface area contributed by atoms with Gasteiger partial charge in [0.25, 0.3) is 0 Å². The van der Waals surface area contributed by atoms with Gasteiger partial charge in [0, 0.05) is 0 Å². The molecule has 4 nitrogen and oxygen atoms in total. The predicted octanol–water partition coefficient (Wildman–Crippen LogP) is 3.10. The Balaban J connectivity index is 2.11. The fourth-order valence-corrected chi connectivity index (χ4v) is 2.78. The van der Waals surface area contributed by atoms with E-state index in [0.29, 0.717) is 12.2 Å². The van der Waals surface area contributed by atoms with Crippen LogP contribution in [-0.4, -0.2) is 17.1 Å². The van der Waals surface area contributed by atoms with Crippen molar-refractivity contribution in [1.29, 1.82) is 0 Å². The van der Waals surface area contributed by atoms with Gasteiger partial charge >= 0.3 is 5.97 Å². The van der Waals surface area contributed by atoms with Crippen molar-refractivity contribution >= 4 is 5.97 Å². The predicted molar refractivity (Wildman–Crippen MR) is 90.8 cm³/mol. The number of hydrogen-bond acceptors (Lipinski definition) is 4. The second kappa shape index (κ2) is 6.84. The molecule has 0 aliphatic rings. The van der Waals surface area contributed by atoms with Gasteiger partial charge in [0.15, 0.2) is 0 Å². The van der Waals surface area contributed by atoms with E-state index in [1.807, 2.05) is 45.9 Å². The molecule has 3 N–H and O–H groups in total. The highest BCUT2D eigenvalue weighted by Gasteiger charge is 2.19. The van der Waals surface area contributed by atoms with E-state index >= 15 is 0 Å². The molecule has 23 heavy (non-hydrogen) atoms. The van der Waals surface area contributed by atoms with Crippen molar-refractivity contribution in [3.63, 3.8) is 0 Å². The molecular weight excluding hydrogens is 290 g/mol. The zero-order chi connectivity index (χ0) is 17.1. The lowest BCUT2D eigenvalue weighted by Gasteiger charge is -2.16. The van der Waals surface area contributed by atoms with Crippen molar-refractivity contribution in [3.05, 3.63) is 58.1 Å². The van der Waals surface area contributed by atoms with Gasteiger partial charge in [-0.15, -0.1) is 0 Å². The Hall–Kier alpha value is -2.33. The highest BCUT2D eigenvalue weighted by atomic mass is 16.5. The Bertz CT molecular complexity index is 694. The third-order valence-electron chi connectivity index (χ3n) is 3.82. The molecule has 0 aliphatic heterocycles. The minimum atomic E-state index is -0.752. The average Bonchev–Trinajstić information content (AvgIpc) is 2.41. The second-order valence-electron chi connectivity index (χ2n) is 6.11. The van der Waals surface area contributed by atoms with E-state index in [4.69, 9.17) is 10.5 Å². The first-order valence-electron chi connectivity index (χ1n) is 7.61. The largest absolute Gasteiger partial charge is 0.508 e. The minimum absolute atomic E-state index is 0.218. The van der Waals surface area contributed by atoms with Crippen molar-refractivity contribution in [3.8, 4) is 11.5 Å². The second-order valence-corrected chi connectivity index (χ2v) is 6.11. The van der Waals surface area contributed by atoms with Crippen LogP contribution < -0.4 is 10.5 Å². The highest BCUT2D eigenvalue weighted by Crippen LogP contribution is 2.22. The first-order chi connectivity index (χ1) is 10.8. The van der Waals surface area contributed by atoms with E-state index in [-0.39, 0.29) is 5.75 Å². The summed E-state index contributed by atoms with van der Waals surface area (Å²) in [4.78, 5) is 12.2. The number of esters is 1. The SMILES string of the molecule is Cc1cc(C)cc(OC(=O)C(N)Cc2c(C)cc(O)cc2C)c1. The van der Waals surface area contributed by atoms with E-state index in [2.05, 4.69) is 0 Å². The molecule has 0 spiro atoms. The lowest BCUT2D eigenvalue weighted by Crippen LogP contribution is -2.36. The molecule has 0 saturated carbocycles. The fraction of sp³-hybridized carbons (Fsp3) is 0.316. The van der Waals surface area contributed by atoms with Crippen LogP contribution >= 0.6 is 0 Å². The highest BCUT2D eigenvalue weighted by molar-refractivity contribution is 5.78. The summed E-state index contributed by atoms with van der Waals surface area (Å²) >= 11 is 0. The summed E-state index contributed by atoms with van der Waals surface area (Å²) in [5.74, 6) is 0.277. The van der Waals surface area contributed by atoms with Gasteiger partial charge in [-0.3, -0.25) is 0 Å². The summed E-state index contributed by atoms with van der Waals surface area (Å²) in [6, 6.07) is 8.23. The molecule has 0 saturated heterocycles. The van der Waals surface area contributed by atoms with Gasteiger partial charge in [0.05, 0.1) is 0 Å². The number of phenols is 1. The quantitative estimate of drug-likeness (QED) is 0.672. The fourth-order valence-electron chi connectivity index (χ4n) is 2.78. The van der Waals surface area contributed by atoms with E-state index in [0.717, 1.165) is 27.8 Å². The van der Waals surface area contributed by atoms with Crippen molar-refractivity contribution < 1.29 is 14.6 Å². The number of aryl methyl sites for hydroxylation is 4. The van der Waals surface area contributed by atoms with Crippen LogP contribution in [0.1, 0.15) is 27.8 Å². The lowest BCUT2D eigenvalue weighted by atomic mass is 9.96. The molecule has 0 amide bonds. The molecule has 0 bridgehead atoms. The normalized spacial score (nSPS) is 12.0. The molecule has 0 heterocycles. The van der Waals surface area contributed by atoms with Crippen LogP contribution in [0.4, 0.5) is 0 Å². The van der Waals surface area contributed by atoms with Gasteiger partial charge < -0.3 is 15.6 Å². The molecule has 4 heteroatoms. The Labute approximate surface area is 136 Å². The van der Waals surface area contributed by atoms with Crippen LogP contribution in [0, 0.1) is 27.7 Å². The van der Waals surface area contributed by atoms with Crippen LogP contribution in [0.25, 0.3) is 0 Å². The number of hydrogen-bond donors (Lipinski definition) is 2. The number of benzene rings is 2. The van der Waals surface area contributed by atoms with E-state index in [1.54, 1.807) is 12.1 Å². The number of ether oxygens (including phenoxy) is 1. The third-order valence-corrected chi connectivity index (χ3v) is 3.82. The van der Waals surface area contributed by atoms with Gasteiger partial charge in [-0.05, 0) is 86.2 Å². The minimum Gasteiger partial charge on any atom is -0.508 e. The molecular formula is C19H23NO3. The summed E-state index contributed by atoms with van der Waals surface area (Å²) in [5, 5.41) is 9.59. The maximum absolute atomic E-state index is 12.2. The van der Waals surface area contributed by atoms with Crippen LogP contribution in [0.2, 0.25) is 0 Å². The van der Waals surface area contributed by atoms with Crippen LogP contribution in [0.5, 0.6) is 11.5 Å². The van der Waals surface area contributed by atoms with Crippen LogP contribution in [0.15, 0.2) is 30.3 Å². The third kappa shape index (κ3) is 4.33. The van der Waals surface area contributed by atoms with E-state index < -0.39 is 12.0 Å². The average molecular weight is 313 g/mol. The topological polar surface area (TPSA) is 72.5 Å². The standard InChI is InChI=1S/C19H23NO3/c1-11-5-12(2)7-16(6-11)23-19(22)18(20)10-17-13(3)8-15(21)9-14(17)4/h5-9,18,21H,10,20H2,1-4H3. The Morgan fingerprint density at radius 3 is 2.09 bits per heavy atom. The molecule has 0 fully saturated rings. The van der Waals surface area contributed by atoms with Gasteiger partial charge in [-0.1, -0.05) is 6.07 Å². The van der Waals surface area contributed by atoms with E-state index in [1.165, 1.54) is 0 Å². The summed E-state index contributed by atoms with van der Waals surface area (Å²) in [5.41, 5.74) is 10.9. The molecule has 0 aromatic heterocycles. The van der Waals surface area contributed by atoms with Crippen LogP contribution in [-0.2, 0) is 11.2 Å². The number of phenolic OH excluding ortho intramolecular Hbond substituents is 1. The van der Waals surface area contributed by atoms with Crippen molar-refractivity contribution in [1.82, 2.24) is 0 Å². The number of aromatic hydroxyl groups is 1. The molecule has 2 aromatic carbocycles. The molecule has 0 aliphatic carbocycles. The molecule has 1 unspecified atom stereocenters. The summed E-state index contributed by atoms with van der Waals surface area (Å²) in [6.45, 7) is 7.69. The van der Waals surface area contributed by atoms with Crippen molar-refractivity contribution in [2.75, 3.05) is 0 Å². The number of nitrogens with two attached hydrogens (primary N) is 1. The monoisotopic (exact) mass is 313 g/mol. The molecule has 122 valence electrons. The molecule has 0 radical (unpaired) electrons. The van der Waals surface area contributed by atoms with Crippen molar-refractivity contribution in [2.45, 2.75) is 40.2 Å². The van der Waals surface area contributed by atoms with Gasteiger partial charge in [0.2, 0.25) is 0 Å². The van der Waals surface area contributed by atoms with Gasteiger partial charge in [-0.25, -0.2) is 4.79 Å². The Kier molecular flexibility index (Phi) is 5.06. The zero-order valence-electron chi connectivity index (χ0n) is 14.0. The first kappa shape index (κ1) is 17.0. The Morgan fingerprint density at radius 1 is 1.04 bits per heavy atom. The molecule has 2 rings (SSSR count). The van der Waals surface area contributed by atoms with Crippen molar-refractivity contribution in [2.24, 2.45) is 5.73 Å². The summed E-state index contributed by atoms with van der Waals surface area (Å²) in [7, 11) is 0. The van der Waals surface area contributed by atoms with Crippen LogP contribution in [0.3, 0.4) is 0 Å². The molecule has 1 atom stereocenters. The maximum Gasteiger partial charge on any atom is 0.328 e. The zero-order valence-corrected chi connectivity index (χ0v) is 14.0.